The van der Waals surface area contributed by atoms with Crippen molar-refractivity contribution in [1.82, 2.24) is 20.3 Å². The summed E-state index contributed by atoms with van der Waals surface area (Å²) >= 11 is 6.72. The second-order valence-electron chi connectivity index (χ2n) is 6.33. The number of aromatic nitrogens is 3. The van der Waals surface area contributed by atoms with E-state index in [-0.39, 0.29) is 11.3 Å². The maximum absolute atomic E-state index is 13.9. The number of hydrogen-bond donors (Lipinski definition) is 1. The maximum Gasteiger partial charge on any atom is 0.405 e. The van der Waals surface area contributed by atoms with Crippen molar-refractivity contribution < 1.29 is 27.2 Å². The van der Waals surface area contributed by atoms with Crippen LogP contribution >= 0.6 is 22.9 Å². The molecule has 3 aromatic rings. The van der Waals surface area contributed by atoms with E-state index in [9.17, 15) is 27.2 Å². The minimum absolute atomic E-state index is 0.0302. The van der Waals surface area contributed by atoms with Crippen molar-refractivity contribution in [2.45, 2.75) is 17.8 Å². The van der Waals surface area contributed by atoms with Gasteiger partial charge in [-0.1, -0.05) is 23.7 Å². The number of nitrogens with zero attached hydrogens (tertiary/aromatic N) is 4. The smallest absolute Gasteiger partial charge is 0.345 e. The largest absolute Gasteiger partial charge is 0.405 e. The van der Waals surface area contributed by atoms with Gasteiger partial charge in [-0.2, -0.15) is 13.2 Å². The molecule has 0 bridgehead atoms. The van der Waals surface area contributed by atoms with E-state index in [2.05, 4.69) is 15.0 Å². The maximum atomic E-state index is 13.9. The van der Waals surface area contributed by atoms with E-state index in [1.165, 1.54) is 23.5 Å². The first-order valence-electron chi connectivity index (χ1n) is 8.87. The highest BCUT2D eigenvalue weighted by molar-refractivity contribution is 7.13. The third-order valence-corrected chi connectivity index (χ3v) is 5.16. The van der Waals surface area contributed by atoms with E-state index < -0.39 is 36.2 Å². The molecule has 13 heteroatoms. The molecule has 2 atom stereocenters. The Morgan fingerprint density at radius 3 is 2.28 bits per heavy atom. The van der Waals surface area contributed by atoms with Crippen LogP contribution in [-0.4, -0.2) is 45.1 Å². The molecular weight excluding hydrogens is 474 g/mol. The zero-order valence-corrected chi connectivity index (χ0v) is 17.5. The first-order valence-corrected chi connectivity index (χ1v) is 10.2. The second-order valence-corrected chi connectivity index (χ2v) is 7.60. The number of alkyl halides is 5. The van der Waals surface area contributed by atoms with Crippen LogP contribution in [0.4, 0.5) is 23.2 Å². The van der Waals surface area contributed by atoms with Gasteiger partial charge in [0.25, 0.3) is 11.5 Å². The number of carbonyl (C=O) groups excluding carboxylic acids is 2. The molecule has 0 aliphatic rings. The molecule has 0 spiro atoms. The molecule has 0 aliphatic carbocycles. The molecule has 2 heterocycles. The summed E-state index contributed by atoms with van der Waals surface area (Å²) in [5.41, 5.74) is -0.213. The molecule has 1 aromatic carbocycles. The number of halogens is 5. The van der Waals surface area contributed by atoms with Crippen LogP contribution in [0.3, 0.4) is 0 Å². The van der Waals surface area contributed by atoms with Crippen LogP contribution in [0.15, 0.2) is 54.7 Å². The summed E-state index contributed by atoms with van der Waals surface area (Å²) in [5, 5.41) is 1.71. The van der Waals surface area contributed by atoms with Crippen LogP contribution in [0.25, 0.3) is 10.4 Å². The Morgan fingerprint density at radius 2 is 1.75 bits per heavy atom. The lowest BCUT2D eigenvalue weighted by Crippen LogP contribution is -2.47. The molecule has 2 aromatic heterocycles. The summed E-state index contributed by atoms with van der Waals surface area (Å²) in [6, 6.07) is 4.31. The highest BCUT2D eigenvalue weighted by atomic mass is 35.5. The van der Waals surface area contributed by atoms with E-state index in [0.29, 0.717) is 4.90 Å². The van der Waals surface area contributed by atoms with E-state index in [1.54, 1.807) is 29.2 Å². The number of carbonyl (C=O) groups is 2. The Bertz CT molecular complexity index is 1050. The lowest BCUT2D eigenvalue weighted by Gasteiger charge is -2.31. The molecule has 0 radical (unpaired) electrons. The topological polar surface area (TPSA) is 88.1 Å². The zero-order chi connectivity index (χ0) is 23.3. The van der Waals surface area contributed by atoms with Gasteiger partial charge in [0.05, 0.1) is 10.4 Å². The fraction of sp³-hybridized carbons (Fsp3) is 0.211. The second kappa shape index (κ2) is 10.0. The van der Waals surface area contributed by atoms with Crippen molar-refractivity contribution in [2.24, 2.45) is 0 Å². The van der Waals surface area contributed by atoms with Gasteiger partial charge in [0.1, 0.15) is 18.9 Å². The van der Waals surface area contributed by atoms with E-state index in [4.69, 9.17) is 11.6 Å². The Hall–Kier alpha value is -3.12. The highest BCUT2D eigenvalue weighted by Crippen LogP contribution is 2.32. The van der Waals surface area contributed by atoms with Gasteiger partial charge >= 0.3 is 6.18 Å². The van der Waals surface area contributed by atoms with Crippen molar-refractivity contribution in [2.75, 3.05) is 11.4 Å². The number of benzene rings is 1. The molecule has 0 saturated heterocycles. The van der Waals surface area contributed by atoms with Gasteiger partial charge in [0.15, 0.2) is 0 Å². The van der Waals surface area contributed by atoms with Crippen molar-refractivity contribution in [3.63, 3.8) is 0 Å². The Labute approximate surface area is 188 Å². The molecule has 0 aliphatic heterocycles. The average Bonchev–Trinajstić information content (AvgIpc) is 3.30. The minimum atomic E-state index is -4.70. The summed E-state index contributed by atoms with van der Waals surface area (Å²) in [5.74, 6) is -2.55. The van der Waals surface area contributed by atoms with Gasteiger partial charge in [0, 0.05) is 29.8 Å². The first kappa shape index (κ1) is 23.5. The lowest BCUT2D eigenvalue weighted by molar-refractivity contribution is -0.140. The molecule has 3 rings (SSSR count). The van der Waals surface area contributed by atoms with Crippen LogP contribution in [0.2, 0.25) is 0 Å². The molecule has 7 nitrogen and oxygen atoms in total. The van der Waals surface area contributed by atoms with Gasteiger partial charge < -0.3 is 5.32 Å². The molecule has 32 heavy (non-hydrogen) atoms. The van der Waals surface area contributed by atoms with Crippen LogP contribution in [0.1, 0.15) is 11.6 Å². The quantitative estimate of drug-likeness (QED) is 0.403. The minimum Gasteiger partial charge on any atom is -0.345 e. The van der Waals surface area contributed by atoms with Gasteiger partial charge in [-0.25, -0.2) is 14.4 Å². The van der Waals surface area contributed by atoms with Crippen molar-refractivity contribution in [3.8, 4) is 10.4 Å². The molecule has 2 unspecified atom stereocenters. The fourth-order valence-electron chi connectivity index (χ4n) is 2.81. The van der Waals surface area contributed by atoms with Gasteiger partial charge in [-0.15, -0.1) is 11.3 Å². The summed E-state index contributed by atoms with van der Waals surface area (Å²) in [4.78, 5) is 38.3. The van der Waals surface area contributed by atoms with Crippen molar-refractivity contribution >= 4 is 40.4 Å². The normalized spacial score (nSPS) is 13.3. The third-order valence-electron chi connectivity index (χ3n) is 4.15. The number of rotatable bonds is 7. The number of anilines is 1. The summed E-state index contributed by atoms with van der Waals surface area (Å²) in [6.45, 7) is -1.65. The molecule has 2 amide bonds. The predicted octanol–water partition coefficient (Wildman–Crippen LogP) is 3.89. The van der Waals surface area contributed by atoms with Gasteiger partial charge in [-0.05, 0) is 17.7 Å². The van der Waals surface area contributed by atoms with Crippen LogP contribution in [0, 0.1) is 0 Å². The number of amides is 2. The van der Waals surface area contributed by atoms with Crippen LogP contribution in [-0.2, 0) is 9.59 Å². The van der Waals surface area contributed by atoms with Crippen LogP contribution in [0.5, 0.6) is 0 Å². The Morgan fingerprint density at radius 1 is 1.09 bits per heavy atom. The molecule has 1 N–H and O–H groups in total. The summed E-state index contributed by atoms with van der Waals surface area (Å²) in [7, 11) is 0. The monoisotopic (exact) mass is 487 g/mol. The number of nitrogens with one attached hydrogen (secondary N) is 1. The highest BCUT2D eigenvalue weighted by Gasteiger charge is 2.38. The molecule has 0 saturated carbocycles. The predicted molar refractivity (Wildman–Crippen MR) is 110 cm³/mol. The molecular formula is C19H14ClF4N5O2S. The van der Waals surface area contributed by atoms with E-state index in [1.807, 2.05) is 0 Å². The molecule has 0 fully saturated rings. The van der Waals surface area contributed by atoms with E-state index >= 15 is 0 Å². The Balaban J connectivity index is 2.04. The average molecular weight is 488 g/mol. The SMILES string of the molecule is O=C(NCC(F)(F)F)C(c1cncnc1)N(C(=O)C(F)Cl)c1ccc(-c2cncs2)cc1. The van der Waals surface area contributed by atoms with Crippen molar-refractivity contribution in [1.29, 1.82) is 0 Å². The van der Waals surface area contributed by atoms with Gasteiger partial charge in [0.2, 0.25) is 5.91 Å². The first-order chi connectivity index (χ1) is 15.2. The number of hydrogen-bond acceptors (Lipinski definition) is 6. The lowest BCUT2D eigenvalue weighted by atomic mass is 10.1. The number of thiazole rings is 1. The summed E-state index contributed by atoms with van der Waals surface area (Å²) < 4.78 is 51.9. The standard InChI is InChI=1S/C19H14ClF4N5O2S/c20-16(21)18(31)29(13-3-1-11(2-4-13)14-7-27-10-32-14)15(12-5-25-9-26-6-12)17(30)28-8-19(22,23)24/h1-7,9-10,15-16H,8H2,(H,28,30). The van der Waals surface area contributed by atoms with E-state index in [0.717, 1.165) is 29.2 Å². The zero-order valence-electron chi connectivity index (χ0n) is 16.0. The van der Waals surface area contributed by atoms with Crippen molar-refractivity contribution in [3.05, 3.63) is 60.3 Å². The summed E-state index contributed by atoms with van der Waals surface area (Å²) in [6.07, 6.45) is 0.321. The Kier molecular flexibility index (Phi) is 7.36. The van der Waals surface area contributed by atoms with Crippen LogP contribution < -0.4 is 10.2 Å². The third kappa shape index (κ3) is 5.77. The molecule has 168 valence electrons. The fourth-order valence-corrected chi connectivity index (χ4v) is 3.54. The van der Waals surface area contributed by atoms with Gasteiger partial charge in [-0.3, -0.25) is 19.5 Å².